The smallest absolute Gasteiger partial charge is 0.223 e. The Labute approximate surface area is 107 Å². The molecule has 6 heteroatoms. The number of nitrogens with one attached hydrogen (secondary N) is 2. The highest BCUT2D eigenvalue weighted by Gasteiger charge is 2.34. The molecule has 5 N–H and O–H groups in total. The predicted molar refractivity (Wildman–Crippen MR) is 72.5 cm³/mol. The summed E-state index contributed by atoms with van der Waals surface area (Å²) < 4.78 is 0. The van der Waals surface area contributed by atoms with E-state index in [0.717, 1.165) is 32.2 Å². The van der Waals surface area contributed by atoms with Gasteiger partial charge < -0.3 is 21.5 Å². The molecule has 1 aromatic heterocycles. The Morgan fingerprint density at radius 1 is 1.33 bits per heavy atom. The summed E-state index contributed by atoms with van der Waals surface area (Å²) in [7, 11) is 0. The predicted octanol–water partition coefficient (Wildman–Crippen LogP) is 1.21. The van der Waals surface area contributed by atoms with Crippen LogP contribution in [-0.4, -0.2) is 33.8 Å². The number of nitrogen functional groups attached to an aromatic ring is 1. The average molecular weight is 251 g/mol. The molecule has 0 unspecified atom stereocenters. The van der Waals surface area contributed by atoms with Crippen molar-refractivity contribution in [3.05, 3.63) is 6.07 Å². The maximum Gasteiger partial charge on any atom is 0.223 e. The van der Waals surface area contributed by atoms with Gasteiger partial charge in [-0.25, -0.2) is 0 Å². The number of anilines is 3. The summed E-state index contributed by atoms with van der Waals surface area (Å²) in [6, 6.07) is 1.81. The number of nitrogens with two attached hydrogens (primary N) is 1. The van der Waals surface area contributed by atoms with Crippen molar-refractivity contribution in [1.82, 2.24) is 9.97 Å². The van der Waals surface area contributed by atoms with Crippen molar-refractivity contribution >= 4 is 17.6 Å². The van der Waals surface area contributed by atoms with Crippen molar-refractivity contribution in [2.45, 2.75) is 38.2 Å². The summed E-state index contributed by atoms with van der Waals surface area (Å²) in [4.78, 5) is 8.21. The third kappa shape index (κ3) is 3.22. The zero-order valence-electron chi connectivity index (χ0n) is 10.7. The Balaban J connectivity index is 1.96. The second-order valence-corrected chi connectivity index (χ2v) is 4.85. The van der Waals surface area contributed by atoms with Gasteiger partial charge in [0.1, 0.15) is 11.6 Å². The number of hydrogen-bond acceptors (Lipinski definition) is 6. The molecule has 18 heavy (non-hydrogen) atoms. The Kier molecular flexibility index (Phi) is 3.86. The van der Waals surface area contributed by atoms with E-state index in [9.17, 15) is 5.11 Å². The first-order valence-electron chi connectivity index (χ1n) is 6.46. The van der Waals surface area contributed by atoms with Crippen LogP contribution in [0.15, 0.2) is 6.07 Å². The van der Waals surface area contributed by atoms with Crippen molar-refractivity contribution in [3.63, 3.8) is 0 Å². The first-order valence-corrected chi connectivity index (χ1v) is 6.46. The number of rotatable bonds is 6. The van der Waals surface area contributed by atoms with E-state index in [1.165, 1.54) is 0 Å². The van der Waals surface area contributed by atoms with Gasteiger partial charge in [-0.15, -0.1) is 0 Å². The summed E-state index contributed by atoms with van der Waals surface area (Å²) in [6.45, 7) is 3.44. The van der Waals surface area contributed by atoms with E-state index in [1.807, 2.05) is 6.07 Å². The maximum atomic E-state index is 10.00. The van der Waals surface area contributed by atoms with Crippen LogP contribution in [0.5, 0.6) is 0 Å². The molecule has 1 fully saturated rings. The molecule has 1 aliphatic rings. The van der Waals surface area contributed by atoms with Crippen LogP contribution >= 0.6 is 0 Å². The third-order valence-corrected chi connectivity index (χ3v) is 3.18. The van der Waals surface area contributed by atoms with Crippen LogP contribution in [0.25, 0.3) is 0 Å². The van der Waals surface area contributed by atoms with Gasteiger partial charge in [0.2, 0.25) is 5.95 Å². The van der Waals surface area contributed by atoms with Gasteiger partial charge in [0.15, 0.2) is 0 Å². The lowest BCUT2D eigenvalue weighted by atomic mass is 9.80. The Morgan fingerprint density at radius 2 is 2.00 bits per heavy atom. The van der Waals surface area contributed by atoms with E-state index in [0.29, 0.717) is 18.2 Å². The van der Waals surface area contributed by atoms with Crippen LogP contribution in [0, 0.1) is 0 Å². The highest BCUT2D eigenvalue weighted by molar-refractivity contribution is 5.51. The number of nitrogens with zero attached hydrogens (tertiary/aromatic N) is 2. The van der Waals surface area contributed by atoms with Crippen molar-refractivity contribution in [2.24, 2.45) is 0 Å². The molecule has 0 saturated heterocycles. The van der Waals surface area contributed by atoms with E-state index < -0.39 is 5.60 Å². The van der Waals surface area contributed by atoms with E-state index in [4.69, 9.17) is 5.73 Å². The molecule has 0 spiro atoms. The lowest BCUT2D eigenvalue weighted by molar-refractivity contribution is -0.0202. The molecule has 2 rings (SSSR count). The molecule has 0 aliphatic heterocycles. The SMILES string of the molecule is CCCNc1cc(NCC2(O)CCC2)nc(N)n1. The molecule has 6 nitrogen and oxygen atoms in total. The summed E-state index contributed by atoms with van der Waals surface area (Å²) in [6.07, 6.45) is 3.81. The van der Waals surface area contributed by atoms with E-state index in [1.54, 1.807) is 0 Å². The van der Waals surface area contributed by atoms with Gasteiger partial charge in [0.05, 0.1) is 5.60 Å². The second-order valence-electron chi connectivity index (χ2n) is 4.85. The summed E-state index contributed by atoms with van der Waals surface area (Å²) in [5, 5.41) is 16.3. The van der Waals surface area contributed by atoms with Gasteiger partial charge in [-0.1, -0.05) is 6.92 Å². The van der Waals surface area contributed by atoms with Gasteiger partial charge in [-0.3, -0.25) is 0 Å². The van der Waals surface area contributed by atoms with Crippen LogP contribution < -0.4 is 16.4 Å². The van der Waals surface area contributed by atoms with Crippen LogP contribution in [0.1, 0.15) is 32.6 Å². The third-order valence-electron chi connectivity index (χ3n) is 3.18. The van der Waals surface area contributed by atoms with Crippen LogP contribution in [0.2, 0.25) is 0 Å². The monoisotopic (exact) mass is 251 g/mol. The molecule has 100 valence electrons. The second kappa shape index (κ2) is 5.39. The fourth-order valence-electron chi connectivity index (χ4n) is 1.92. The van der Waals surface area contributed by atoms with Gasteiger partial charge in [-0.05, 0) is 25.7 Å². The summed E-state index contributed by atoms with van der Waals surface area (Å²) >= 11 is 0. The molecule has 0 bridgehead atoms. The number of hydrogen-bond donors (Lipinski definition) is 4. The molecule has 1 heterocycles. The standard InChI is InChI=1S/C12H21N5O/c1-2-6-14-9-7-10(17-11(13)16-9)15-8-12(18)4-3-5-12/h7,18H,2-6,8H2,1H3,(H4,13,14,15,16,17). The molecule has 0 atom stereocenters. The lowest BCUT2D eigenvalue weighted by Crippen LogP contribution is -2.43. The minimum atomic E-state index is -0.573. The van der Waals surface area contributed by atoms with Gasteiger partial charge in [-0.2, -0.15) is 9.97 Å². The summed E-state index contributed by atoms with van der Waals surface area (Å²) in [5.74, 6) is 1.60. The first kappa shape index (κ1) is 12.9. The van der Waals surface area contributed by atoms with Crippen molar-refractivity contribution in [3.8, 4) is 0 Å². The van der Waals surface area contributed by atoms with E-state index in [-0.39, 0.29) is 5.95 Å². The molecule has 1 aromatic rings. The molecule has 1 aliphatic carbocycles. The Morgan fingerprint density at radius 3 is 2.56 bits per heavy atom. The minimum absolute atomic E-state index is 0.235. The fourth-order valence-corrected chi connectivity index (χ4v) is 1.92. The lowest BCUT2D eigenvalue weighted by Gasteiger charge is -2.36. The molecule has 0 radical (unpaired) electrons. The van der Waals surface area contributed by atoms with Crippen LogP contribution in [0.3, 0.4) is 0 Å². The molecular formula is C12H21N5O. The van der Waals surface area contributed by atoms with Gasteiger partial charge >= 0.3 is 0 Å². The van der Waals surface area contributed by atoms with Gasteiger partial charge in [0.25, 0.3) is 0 Å². The summed E-state index contributed by atoms with van der Waals surface area (Å²) in [5.41, 5.74) is 5.08. The fraction of sp³-hybridized carbons (Fsp3) is 0.667. The topological polar surface area (TPSA) is 96.1 Å². The highest BCUT2D eigenvalue weighted by Crippen LogP contribution is 2.31. The highest BCUT2D eigenvalue weighted by atomic mass is 16.3. The maximum absolute atomic E-state index is 10.00. The van der Waals surface area contributed by atoms with E-state index in [2.05, 4.69) is 27.5 Å². The minimum Gasteiger partial charge on any atom is -0.388 e. The molecule has 1 saturated carbocycles. The quantitative estimate of drug-likeness (QED) is 0.607. The van der Waals surface area contributed by atoms with Crippen molar-refractivity contribution in [2.75, 3.05) is 29.5 Å². The normalized spacial score (nSPS) is 17.0. The zero-order chi connectivity index (χ0) is 13.0. The largest absolute Gasteiger partial charge is 0.388 e. The van der Waals surface area contributed by atoms with Crippen molar-refractivity contribution in [1.29, 1.82) is 0 Å². The number of aromatic nitrogens is 2. The van der Waals surface area contributed by atoms with E-state index >= 15 is 0 Å². The van der Waals surface area contributed by atoms with Crippen LogP contribution in [0.4, 0.5) is 17.6 Å². The number of aliphatic hydroxyl groups is 1. The van der Waals surface area contributed by atoms with Crippen LogP contribution in [-0.2, 0) is 0 Å². The Hall–Kier alpha value is -1.56. The molecular weight excluding hydrogens is 230 g/mol. The zero-order valence-corrected chi connectivity index (χ0v) is 10.7. The molecule has 0 amide bonds. The van der Waals surface area contributed by atoms with Gasteiger partial charge in [0, 0.05) is 19.2 Å². The first-order chi connectivity index (χ1) is 8.61. The molecule has 0 aromatic carbocycles. The average Bonchev–Trinajstić information content (AvgIpc) is 2.31. The van der Waals surface area contributed by atoms with Crippen molar-refractivity contribution < 1.29 is 5.11 Å². The Bertz CT molecular complexity index is 405.